The minimum absolute atomic E-state index is 0.244. The van der Waals surface area contributed by atoms with Crippen LogP contribution in [0, 0.1) is 12.7 Å². The lowest BCUT2D eigenvalue weighted by molar-refractivity contribution is 0.0957. The largest absolute Gasteiger partial charge is 0.459 e. The van der Waals surface area contributed by atoms with Gasteiger partial charge in [-0.15, -0.1) is 10.2 Å². The molecule has 0 fully saturated rings. The number of anilines is 1. The second-order valence-corrected chi connectivity index (χ2v) is 5.03. The van der Waals surface area contributed by atoms with Gasteiger partial charge in [-0.2, -0.15) is 0 Å². The van der Waals surface area contributed by atoms with E-state index in [0.717, 1.165) is 10.9 Å². The summed E-state index contributed by atoms with van der Waals surface area (Å²) in [4.78, 5) is 11.4. The molecule has 2 N–H and O–H groups in total. The Hall–Kier alpha value is -2.96. The Morgan fingerprint density at radius 3 is 2.78 bits per heavy atom. The highest BCUT2D eigenvalue weighted by atomic mass is 19.1. The molecule has 6 nitrogen and oxygen atoms in total. The third kappa shape index (κ3) is 2.98. The van der Waals surface area contributed by atoms with Gasteiger partial charge in [-0.1, -0.05) is 0 Å². The molecule has 0 saturated carbocycles. The van der Waals surface area contributed by atoms with Gasteiger partial charge >= 0.3 is 0 Å². The maximum atomic E-state index is 13.3. The van der Waals surface area contributed by atoms with E-state index >= 15 is 0 Å². The van der Waals surface area contributed by atoms with Crippen molar-refractivity contribution in [1.29, 1.82) is 0 Å². The number of halogens is 1. The van der Waals surface area contributed by atoms with Gasteiger partial charge in [-0.3, -0.25) is 4.79 Å². The summed E-state index contributed by atoms with van der Waals surface area (Å²) in [7, 11) is 1.53. The molecule has 1 aromatic carbocycles. The van der Waals surface area contributed by atoms with Gasteiger partial charge in [-0.25, -0.2) is 4.39 Å². The number of aryl methyl sites for hydroxylation is 1. The van der Waals surface area contributed by atoms with Gasteiger partial charge in [0.2, 0.25) is 0 Å². The molecular formula is C16H15FN4O2. The highest BCUT2D eigenvalue weighted by molar-refractivity contribution is 5.91. The molecule has 0 atom stereocenters. The lowest BCUT2D eigenvalue weighted by atomic mass is 10.1. The van der Waals surface area contributed by atoms with Crippen LogP contribution in [0.5, 0.6) is 0 Å². The van der Waals surface area contributed by atoms with Crippen LogP contribution >= 0.6 is 0 Å². The summed E-state index contributed by atoms with van der Waals surface area (Å²) in [5, 5.41) is 14.1. The minimum atomic E-state index is -0.295. The van der Waals surface area contributed by atoms with E-state index in [0.29, 0.717) is 23.7 Å². The van der Waals surface area contributed by atoms with E-state index in [1.807, 2.05) is 6.92 Å². The molecule has 0 spiro atoms. The Balaban J connectivity index is 1.75. The predicted octanol–water partition coefficient (Wildman–Crippen LogP) is 2.64. The lowest BCUT2D eigenvalue weighted by Gasteiger charge is -2.04. The number of hydrogen-bond donors (Lipinski definition) is 2. The van der Waals surface area contributed by atoms with Gasteiger partial charge in [0.1, 0.15) is 23.0 Å². The van der Waals surface area contributed by atoms with E-state index in [2.05, 4.69) is 20.8 Å². The van der Waals surface area contributed by atoms with Crippen molar-refractivity contribution in [2.45, 2.75) is 13.5 Å². The molecular weight excluding hydrogens is 299 g/mol. The fourth-order valence-corrected chi connectivity index (χ4v) is 2.26. The van der Waals surface area contributed by atoms with E-state index in [1.54, 1.807) is 18.2 Å². The molecule has 0 aliphatic rings. The summed E-state index contributed by atoms with van der Waals surface area (Å²) >= 11 is 0. The molecule has 0 aliphatic heterocycles. The summed E-state index contributed by atoms with van der Waals surface area (Å²) < 4.78 is 19.0. The van der Waals surface area contributed by atoms with Crippen molar-refractivity contribution in [2.75, 3.05) is 12.4 Å². The SMILES string of the molecule is CNC(=O)c1ccc(NCc2oc3ccc(F)cc3c2C)nn1. The zero-order chi connectivity index (χ0) is 16.4. The Morgan fingerprint density at radius 1 is 1.26 bits per heavy atom. The average molecular weight is 314 g/mol. The lowest BCUT2D eigenvalue weighted by Crippen LogP contribution is -2.19. The molecule has 7 heteroatoms. The van der Waals surface area contributed by atoms with Gasteiger partial charge in [0, 0.05) is 18.0 Å². The molecule has 0 unspecified atom stereocenters. The van der Waals surface area contributed by atoms with Crippen LogP contribution in [0.4, 0.5) is 10.2 Å². The van der Waals surface area contributed by atoms with Gasteiger partial charge in [0.25, 0.3) is 5.91 Å². The number of carbonyl (C=O) groups is 1. The number of nitrogens with zero attached hydrogens (tertiary/aromatic N) is 2. The fourth-order valence-electron chi connectivity index (χ4n) is 2.26. The number of benzene rings is 1. The third-order valence-corrected chi connectivity index (χ3v) is 3.55. The van der Waals surface area contributed by atoms with Crippen molar-refractivity contribution in [1.82, 2.24) is 15.5 Å². The molecule has 2 heterocycles. The third-order valence-electron chi connectivity index (χ3n) is 3.55. The van der Waals surface area contributed by atoms with E-state index in [1.165, 1.54) is 19.2 Å². The summed E-state index contributed by atoms with van der Waals surface area (Å²) in [6.07, 6.45) is 0. The number of rotatable bonds is 4. The first-order valence-corrected chi connectivity index (χ1v) is 7.05. The minimum Gasteiger partial charge on any atom is -0.459 e. The Morgan fingerprint density at radius 2 is 2.09 bits per heavy atom. The van der Waals surface area contributed by atoms with Crippen molar-refractivity contribution >= 4 is 22.7 Å². The Labute approximate surface area is 131 Å². The van der Waals surface area contributed by atoms with Gasteiger partial charge in [0.05, 0.1) is 6.54 Å². The maximum Gasteiger partial charge on any atom is 0.271 e. The summed E-state index contributed by atoms with van der Waals surface area (Å²) in [6.45, 7) is 2.26. The van der Waals surface area contributed by atoms with Crippen LogP contribution in [0.2, 0.25) is 0 Å². The van der Waals surface area contributed by atoms with Crippen molar-refractivity contribution in [3.05, 3.63) is 53.2 Å². The van der Waals surface area contributed by atoms with Crippen LogP contribution in [0.3, 0.4) is 0 Å². The van der Waals surface area contributed by atoms with Crippen molar-refractivity contribution in [3.8, 4) is 0 Å². The number of furan rings is 1. The molecule has 0 radical (unpaired) electrons. The quantitative estimate of drug-likeness (QED) is 0.774. The van der Waals surface area contributed by atoms with E-state index in [-0.39, 0.29) is 17.4 Å². The van der Waals surface area contributed by atoms with Crippen LogP contribution in [-0.4, -0.2) is 23.2 Å². The summed E-state index contributed by atoms with van der Waals surface area (Å²) in [5.41, 5.74) is 1.76. The van der Waals surface area contributed by atoms with Crippen LogP contribution in [0.25, 0.3) is 11.0 Å². The van der Waals surface area contributed by atoms with Gasteiger partial charge < -0.3 is 15.1 Å². The number of aromatic nitrogens is 2. The van der Waals surface area contributed by atoms with Crippen LogP contribution < -0.4 is 10.6 Å². The van der Waals surface area contributed by atoms with Crippen LogP contribution in [0.15, 0.2) is 34.7 Å². The molecule has 0 bridgehead atoms. The zero-order valence-electron chi connectivity index (χ0n) is 12.7. The normalized spacial score (nSPS) is 10.7. The fraction of sp³-hybridized carbons (Fsp3) is 0.188. The van der Waals surface area contributed by atoms with E-state index in [9.17, 15) is 9.18 Å². The molecule has 3 aromatic rings. The van der Waals surface area contributed by atoms with E-state index < -0.39 is 0 Å². The molecule has 3 rings (SSSR count). The summed E-state index contributed by atoms with van der Waals surface area (Å²) in [5.74, 6) is 0.627. The number of hydrogen-bond acceptors (Lipinski definition) is 5. The van der Waals surface area contributed by atoms with Gasteiger partial charge in [-0.05, 0) is 37.3 Å². The maximum absolute atomic E-state index is 13.3. The predicted molar refractivity (Wildman–Crippen MR) is 83.7 cm³/mol. The molecule has 2 aromatic heterocycles. The van der Waals surface area contributed by atoms with E-state index in [4.69, 9.17) is 4.42 Å². The van der Waals surface area contributed by atoms with Crippen LogP contribution in [0.1, 0.15) is 21.8 Å². The second kappa shape index (κ2) is 6.04. The standard InChI is InChI=1S/C16H15FN4O2/c1-9-11-7-10(17)3-5-13(11)23-14(9)8-19-15-6-4-12(20-21-15)16(22)18-2/h3-7H,8H2,1-2H3,(H,18,22)(H,19,21). The molecule has 0 saturated heterocycles. The first-order chi connectivity index (χ1) is 11.1. The zero-order valence-corrected chi connectivity index (χ0v) is 12.7. The Bertz CT molecular complexity index is 858. The highest BCUT2D eigenvalue weighted by Crippen LogP contribution is 2.26. The van der Waals surface area contributed by atoms with Crippen LogP contribution in [-0.2, 0) is 6.54 Å². The molecule has 118 valence electrons. The summed E-state index contributed by atoms with van der Waals surface area (Å²) in [6, 6.07) is 7.67. The van der Waals surface area contributed by atoms with Crippen molar-refractivity contribution < 1.29 is 13.6 Å². The highest BCUT2D eigenvalue weighted by Gasteiger charge is 2.11. The number of nitrogens with one attached hydrogen (secondary N) is 2. The molecule has 0 aliphatic carbocycles. The molecule has 1 amide bonds. The first-order valence-electron chi connectivity index (χ1n) is 7.05. The smallest absolute Gasteiger partial charge is 0.271 e. The number of carbonyl (C=O) groups excluding carboxylic acids is 1. The van der Waals surface area contributed by atoms with Crippen molar-refractivity contribution in [3.63, 3.8) is 0 Å². The first kappa shape index (κ1) is 15.0. The Kier molecular flexibility index (Phi) is 3.92. The van der Waals surface area contributed by atoms with Gasteiger partial charge in [0.15, 0.2) is 5.69 Å². The molecule has 23 heavy (non-hydrogen) atoms. The second-order valence-electron chi connectivity index (χ2n) is 5.03. The topological polar surface area (TPSA) is 80.0 Å². The number of fused-ring (bicyclic) bond motifs is 1. The number of amides is 1. The van der Waals surface area contributed by atoms with Crippen molar-refractivity contribution in [2.24, 2.45) is 0 Å². The monoisotopic (exact) mass is 314 g/mol. The average Bonchev–Trinajstić information content (AvgIpc) is 2.88.